The second-order valence-electron chi connectivity index (χ2n) is 7.87. The number of ether oxygens (including phenoxy) is 2. The summed E-state index contributed by atoms with van der Waals surface area (Å²) in [6, 6.07) is 2.49. The molecule has 4 rings (SSSR count). The zero-order valence-corrected chi connectivity index (χ0v) is 17.2. The number of carbonyl (C=O) groups is 1. The molecule has 3 heterocycles. The molecule has 1 atom stereocenters. The van der Waals surface area contributed by atoms with Gasteiger partial charge in [0.15, 0.2) is 11.9 Å². The number of aryl methyl sites for hydroxylation is 1. The predicted octanol–water partition coefficient (Wildman–Crippen LogP) is 2.88. The molecule has 1 saturated heterocycles. The number of benzene rings is 1. The van der Waals surface area contributed by atoms with Crippen LogP contribution in [-0.4, -0.2) is 57.4 Å². The summed E-state index contributed by atoms with van der Waals surface area (Å²) in [5.41, 5.74) is 1.48. The summed E-state index contributed by atoms with van der Waals surface area (Å²) in [6.45, 7) is 6.26. The molecule has 1 aromatic heterocycles. The highest BCUT2D eigenvalue weighted by Crippen LogP contribution is 2.30. The van der Waals surface area contributed by atoms with E-state index in [2.05, 4.69) is 10.3 Å². The largest absolute Gasteiger partial charge is 0.347 e. The first-order chi connectivity index (χ1) is 14.3. The number of hydrogen-bond acceptors (Lipinski definition) is 5. The molecule has 2 aromatic rings. The van der Waals surface area contributed by atoms with Crippen molar-refractivity contribution in [1.82, 2.24) is 19.9 Å². The first kappa shape index (κ1) is 20.6. The van der Waals surface area contributed by atoms with Crippen LogP contribution in [0.15, 0.2) is 24.4 Å². The molecule has 0 N–H and O–H groups in total. The van der Waals surface area contributed by atoms with Crippen LogP contribution in [0.25, 0.3) is 11.3 Å². The van der Waals surface area contributed by atoms with Crippen LogP contribution < -0.4 is 0 Å². The van der Waals surface area contributed by atoms with E-state index in [0.29, 0.717) is 25.0 Å². The molecule has 1 aromatic carbocycles. The lowest BCUT2D eigenvalue weighted by molar-refractivity contribution is -0.159. The summed E-state index contributed by atoms with van der Waals surface area (Å²) >= 11 is 0. The van der Waals surface area contributed by atoms with Crippen molar-refractivity contribution in [3.63, 3.8) is 0 Å². The quantitative estimate of drug-likeness (QED) is 0.764. The van der Waals surface area contributed by atoms with Gasteiger partial charge in [-0.2, -0.15) is 0 Å². The van der Waals surface area contributed by atoms with Gasteiger partial charge in [0.25, 0.3) is 5.91 Å². The Balaban J connectivity index is 1.50. The lowest BCUT2D eigenvalue weighted by atomic mass is 9.97. The Morgan fingerprint density at radius 1 is 1.30 bits per heavy atom. The van der Waals surface area contributed by atoms with Gasteiger partial charge in [0, 0.05) is 30.8 Å². The summed E-state index contributed by atoms with van der Waals surface area (Å²) < 4.78 is 42.0. The van der Waals surface area contributed by atoms with Crippen LogP contribution in [0, 0.1) is 11.6 Å². The maximum atomic E-state index is 14.8. The van der Waals surface area contributed by atoms with Gasteiger partial charge < -0.3 is 14.4 Å². The van der Waals surface area contributed by atoms with E-state index in [1.54, 1.807) is 31.0 Å². The van der Waals surface area contributed by atoms with Crippen molar-refractivity contribution in [2.24, 2.45) is 0 Å². The first-order valence-corrected chi connectivity index (χ1v) is 9.98. The number of amides is 1. The number of hydrogen-bond donors (Lipinski definition) is 0. The molecule has 0 spiro atoms. The zero-order valence-electron chi connectivity index (χ0n) is 17.2. The van der Waals surface area contributed by atoms with E-state index in [0.717, 1.165) is 5.69 Å². The second-order valence-corrected chi connectivity index (χ2v) is 7.87. The van der Waals surface area contributed by atoms with Gasteiger partial charge in [-0.25, -0.2) is 13.5 Å². The molecule has 1 unspecified atom stereocenters. The van der Waals surface area contributed by atoms with Crippen molar-refractivity contribution in [3.05, 3.63) is 47.3 Å². The standard InChI is InChI=1S/C21H24F2N4O3/c1-4-14-11-27(25-24-14)15-9-16(22)19(17(23)10-15)13-5-7-26(8-6-13)20(28)18-12-29-21(2,3)30-18/h5,9-11,18H,4,6-8,12H2,1-3H3. The zero-order chi connectivity index (χ0) is 21.5. The molecule has 0 saturated carbocycles. The summed E-state index contributed by atoms with van der Waals surface area (Å²) in [5.74, 6) is -2.30. The fourth-order valence-electron chi connectivity index (χ4n) is 3.69. The van der Waals surface area contributed by atoms with E-state index < -0.39 is 23.5 Å². The Kier molecular flexibility index (Phi) is 5.42. The summed E-state index contributed by atoms with van der Waals surface area (Å²) in [6.07, 6.45) is 3.71. The van der Waals surface area contributed by atoms with Crippen molar-refractivity contribution >= 4 is 11.5 Å². The molecule has 1 fully saturated rings. The molecule has 9 heteroatoms. The van der Waals surface area contributed by atoms with Gasteiger partial charge in [-0.05, 0) is 32.3 Å². The number of rotatable bonds is 4. The van der Waals surface area contributed by atoms with Crippen molar-refractivity contribution in [3.8, 4) is 5.69 Å². The predicted molar refractivity (Wildman–Crippen MR) is 105 cm³/mol. The van der Waals surface area contributed by atoms with Gasteiger partial charge in [-0.15, -0.1) is 5.10 Å². The topological polar surface area (TPSA) is 69.5 Å². The molecule has 0 radical (unpaired) electrons. The van der Waals surface area contributed by atoms with Gasteiger partial charge in [-0.1, -0.05) is 18.2 Å². The third-order valence-corrected chi connectivity index (χ3v) is 5.32. The molecule has 30 heavy (non-hydrogen) atoms. The Bertz CT molecular complexity index is 979. The molecular weight excluding hydrogens is 394 g/mol. The lowest BCUT2D eigenvalue weighted by Crippen LogP contribution is -2.43. The van der Waals surface area contributed by atoms with Crippen LogP contribution in [0.5, 0.6) is 0 Å². The van der Waals surface area contributed by atoms with E-state index in [-0.39, 0.29) is 30.3 Å². The molecule has 160 valence electrons. The van der Waals surface area contributed by atoms with Crippen LogP contribution in [0.2, 0.25) is 0 Å². The van der Waals surface area contributed by atoms with E-state index in [1.165, 1.54) is 16.8 Å². The van der Waals surface area contributed by atoms with E-state index in [1.807, 2.05) is 6.92 Å². The molecule has 2 aliphatic heterocycles. The minimum atomic E-state index is -0.785. The molecule has 1 amide bonds. The summed E-state index contributed by atoms with van der Waals surface area (Å²) in [4.78, 5) is 14.2. The molecule has 7 nitrogen and oxygen atoms in total. The van der Waals surface area contributed by atoms with E-state index in [9.17, 15) is 13.6 Å². The summed E-state index contributed by atoms with van der Waals surface area (Å²) in [5, 5.41) is 7.86. The van der Waals surface area contributed by atoms with Crippen molar-refractivity contribution in [2.45, 2.75) is 45.5 Å². The van der Waals surface area contributed by atoms with E-state index in [4.69, 9.17) is 9.47 Å². The minimum Gasteiger partial charge on any atom is -0.347 e. The maximum Gasteiger partial charge on any atom is 0.254 e. The molecule has 0 aliphatic carbocycles. The molecule has 0 bridgehead atoms. The fourth-order valence-corrected chi connectivity index (χ4v) is 3.69. The summed E-state index contributed by atoms with van der Waals surface area (Å²) in [7, 11) is 0. The SMILES string of the molecule is CCc1cn(-c2cc(F)c(C3=CCN(C(=O)C4COC(C)(C)O4)CC3)c(F)c2)nn1. The van der Waals surface area contributed by atoms with Crippen LogP contribution in [-0.2, 0) is 20.7 Å². The first-order valence-electron chi connectivity index (χ1n) is 9.98. The smallest absolute Gasteiger partial charge is 0.254 e. The number of halogens is 2. The molecule has 2 aliphatic rings. The second kappa shape index (κ2) is 7.88. The van der Waals surface area contributed by atoms with Gasteiger partial charge in [0.2, 0.25) is 0 Å². The lowest BCUT2D eigenvalue weighted by Gasteiger charge is -2.29. The van der Waals surface area contributed by atoms with Gasteiger partial charge in [0.1, 0.15) is 11.6 Å². The number of nitrogens with zero attached hydrogens (tertiary/aromatic N) is 4. The van der Waals surface area contributed by atoms with Crippen molar-refractivity contribution in [1.29, 1.82) is 0 Å². The Morgan fingerprint density at radius 2 is 2.03 bits per heavy atom. The van der Waals surface area contributed by atoms with Crippen molar-refractivity contribution in [2.75, 3.05) is 19.7 Å². The van der Waals surface area contributed by atoms with Crippen LogP contribution >= 0.6 is 0 Å². The fraction of sp³-hybridized carbons (Fsp3) is 0.476. The van der Waals surface area contributed by atoms with Crippen molar-refractivity contribution < 1.29 is 23.0 Å². The minimum absolute atomic E-state index is 0.0664. The van der Waals surface area contributed by atoms with E-state index >= 15 is 0 Å². The monoisotopic (exact) mass is 418 g/mol. The maximum absolute atomic E-state index is 14.8. The van der Waals surface area contributed by atoms with Crippen LogP contribution in [0.1, 0.15) is 38.4 Å². The molecular formula is C21H24F2N4O3. The van der Waals surface area contributed by atoms with Crippen LogP contribution in [0.3, 0.4) is 0 Å². The Morgan fingerprint density at radius 3 is 2.57 bits per heavy atom. The third kappa shape index (κ3) is 3.99. The van der Waals surface area contributed by atoms with Gasteiger partial charge in [-0.3, -0.25) is 4.79 Å². The Hall–Kier alpha value is -2.65. The highest BCUT2D eigenvalue weighted by molar-refractivity contribution is 5.83. The third-order valence-electron chi connectivity index (χ3n) is 5.32. The van der Waals surface area contributed by atoms with Gasteiger partial charge >= 0.3 is 0 Å². The van der Waals surface area contributed by atoms with Gasteiger partial charge in [0.05, 0.1) is 24.2 Å². The normalized spacial score (nSPS) is 21.0. The number of carbonyl (C=O) groups excluding carboxylic acids is 1. The number of aromatic nitrogens is 3. The highest BCUT2D eigenvalue weighted by Gasteiger charge is 2.39. The highest BCUT2D eigenvalue weighted by atomic mass is 19.1. The average molecular weight is 418 g/mol. The van der Waals surface area contributed by atoms with Crippen LogP contribution in [0.4, 0.5) is 8.78 Å². The Labute approximate surface area is 173 Å². The average Bonchev–Trinajstić information content (AvgIpc) is 3.33.